The molecule has 2 unspecified atom stereocenters. The van der Waals surface area contributed by atoms with E-state index in [0.29, 0.717) is 27.7 Å². The quantitative estimate of drug-likeness (QED) is 0.211. The molecule has 0 heterocycles. The Kier molecular flexibility index (Phi) is 12.5. The van der Waals surface area contributed by atoms with E-state index in [1.54, 1.807) is 23.1 Å². The SMILES string of the molecule is CCC(C)NC(=O)C(Cc1ccccc1)N(Cc1ccc(Cl)cc1Cl)C(=O)CCCN(c1cc(C)ccc1C)S(C)(=O)=O. The van der Waals surface area contributed by atoms with E-state index in [4.69, 9.17) is 23.2 Å². The van der Waals surface area contributed by atoms with Crippen LogP contribution < -0.4 is 9.62 Å². The highest BCUT2D eigenvalue weighted by molar-refractivity contribution is 7.92. The van der Waals surface area contributed by atoms with Gasteiger partial charge in [-0.3, -0.25) is 13.9 Å². The Morgan fingerprint density at radius 3 is 2.30 bits per heavy atom. The lowest BCUT2D eigenvalue weighted by Gasteiger charge is -2.33. The summed E-state index contributed by atoms with van der Waals surface area (Å²) in [6, 6.07) is 19.4. The van der Waals surface area contributed by atoms with E-state index < -0.39 is 16.1 Å². The molecule has 0 saturated heterocycles. The van der Waals surface area contributed by atoms with Crippen molar-refractivity contribution in [2.24, 2.45) is 0 Å². The molecule has 232 valence electrons. The number of benzene rings is 3. The van der Waals surface area contributed by atoms with Crippen LogP contribution in [0.5, 0.6) is 0 Å². The third-order valence-corrected chi connectivity index (χ3v) is 9.18. The zero-order valence-corrected chi connectivity index (χ0v) is 27.8. The molecule has 1 N–H and O–H groups in total. The fourth-order valence-electron chi connectivity index (χ4n) is 4.80. The van der Waals surface area contributed by atoms with E-state index in [9.17, 15) is 18.0 Å². The molecule has 0 aliphatic rings. The second kappa shape index (κ2) is 15.6. The normalized spacial score (nSPS) is 12.8. The van der Waals surface area contributed by atoms with Crippen LogP contribution in [0.25, 0.3) is 0 Å². The van der Waals surface area contributed by atoms with E-state index in [0.717, 1.165) is 23.1 Å². The molecule has 3 aromatic rings. The zero-order valence-electron chi connectivity index (χ0n) is 25.4. The van der Waals surface area contributed by atoms with E-state index in [2.05, 4.69) is 5.32 Å². The van der Waals surface area contributed by atoms with Gasteiger partial charge in [0, 0.05) is 42.0 Å². The van der Waals surface area contributed by atoms with Gasteiger partial charge in [0.2, 0.25) is 21.8 Å². The maximum absolute atomic E-state index is 14.0. The number of hydrogen-bond donors (Lipinski definition) is 1. The summed E-state index contributed by atoms with van der Waals surface area (Å²) in [6.45, 7) is 7.88. The molecule has 2 atom stereocenters. The Labute approximate surface area is 266 Å². The highest BCUT2D eigenvalue weighted by Crippen LogP contribution is 2.27. The molecule has 0 aliphatic carbocycles. The molecule has 0 bridgehead atoms. The number of nitrogens with one attached hydrogen (secondary N) is 1. The highest BCUT2D eigenvalue weighted by Gasteiger charge is 2.31. The summed E-state index contributed by atoms with van der Waals surface area (Å²) < 4.78 is 26.9. The number of hydrogen-bond acceptors (Lipinski definition) is 4. The molecule has 0 fully saturated rings. The number of carbonyl (C=O) groups is 2. The van der Waals surface area contributed by atoms with Gasteiger partial charge in [-0.05, 0) is 74.1 Å². The molecule has 43 heavy (non-hydrogen) atoms. The third kappa shape index (κ3) is 9.98. The van der Waals surface area contributed by atoms with E-state index in [1.807, 2.05) is 76.2 Å². The summed E-state index contributed by atoms with van der Waals surface area (Å²) in [4.78, 5) is 29.3. The van der Waals surface area contributed by atoms with Crippen molar-refractivity contribution in [1.82, 2.24) is 10.2 Å². The van der Waals surface area contributed by atoms with Gasteiger partial charge >= 0.3 is 0 Å². The van der Waals surface area contributed by atoms with E-state index in [-0.39, 0.29) is 43.8 Å². The number of nitrogens with zero attached hydrogens (tertiary/aromatic N) is 2. The Hall–Kier alpha value is -3.07. The lowest BCUT2D eigenvalue weighted by atomic mass is 10.0. The van der Waals surface area contributed by atoms with Crippen LogP contribution in [0.15, 0.2) is 66.7 Å². The van der Waals surface area contributed by atoms with Crippen LogP contribution in [0.1, 0.15) is 55.4 Å². The van der Waals surface area contributed by atoms with Gasteiger partial charge in [-0.25, -0.2) is 8.42 Å². The Balaban J connectivity index is 1.94. The van der Waals surface area contributed by atoms with Crippen LogP contribution in [0, 0.1) is 13.8 Å². The number of anilines is 1. The maximum atomic E-state index is 14.0. The molecule has 10 heteroatoms. The molecule has 3 aromatic carbocycles. The molecule has 2 amide bonds. The van der Waals surface area contributed by atoms with Crippen molar-refractivity contribution in [2.75, 3.05) is 17.1 Å². The van der Waals surface area contributed by atoms with E-state index >= 15 is 0 Å². The lowest BCUT2D eigenvalue weighted by Crippen LogP contribution is -2.52. The van der Waals surface area contributed by atoms with Gasteiger partial charge in [0.25, 0.3) is 0 Å². The van der Waals surface area contributed by atoms with Crippen LogP contribution in [0.4, 0.5) is 5.69 Å². The second-order valence-corrected chi connectivity index (χ2v) is 13.8. The average Bonchev–Trinajstić information content (AvgIpc) is 2.95. The topological polar surface area (TPSA) is 86.8 Å². The van der Waals surface area contributed by atoms with Crippen molar-refractivity contribution < 1.29 is 18.0 Å². The van der Waals surface area contributed by atoms with Crippen molar-refractivity contribution in [1.29, 1.82) is 0 Å². The van der Waals surface area contributed by atoms with Crippen LogP contribution >= 0.6 is 23.2 Å². The minimum Gasteiger partial charge on any atom is -0.352 e. The first-order valence-electron chi connectivity index (χ1n) is 14.4. The van der Waals surface area contributed by atoms with Crippen molar-refractivity contribution >= 4 is 50.7 Å². The average molecular weight is 647 g/mol. The predicted octanol–water partition coefficient (Wildman–Crippen LogP) is 6.71. The highest BCUT2D eigenvalue weighted by atomic mass is 35.5. The summed E-state index contributed by atoms with van der Waals surface area (Å²) in [5.74, 6) is -0.537. The van der Waals surface area contributed by atoms with Crippen LogP contribution in [0.3, 0.4) is 0 Å². The van der Waals surface area contributed by atoms with Crippen molar-refractivity contribution in [3.63, 3.8) is 0 Å². The first-order chi connectivity index (χ1) is 20.3. The van der Waals surface area contributed by atoms with Crippen LogP contribution in [-0.4, -0.2) is 50.0 Å². The summed E-state index contributed by atoms with van der Waals surface area (Å²) in [5, 5.41) is 3.91. The van der Waals surface area contributed by atoms with Crippen molar-refractivity contribution in [3.05, 3.63) is 99.0 Å². The maximum Gasteiger partial charge on any atom is 0.243 e. The summed E-state index contributed by atoms with van der Waals surface area (Å²) >= 11 is 12.7. The molecular weight excluding hydrogens is 605 g/mol. The predicted molar refractivity (Wildman–Crippen MR) is 176 cm³/mol. The molecule has 0 aliphatic heterocycles. The Morgan fingerprint density at radius 1 is 0.977 bits per heavy atom. The Bertz CT molecular complexity index is 1520. The first-order valence-corrected chi connectivity index (χ1v) is 17.0. The molecule has 0 saturated carbocycles. The first kappa shape index (κ1) is 34.4. The fraction of sp³-hybridized carbons (Fsp3) is 0.394. The van der Waals surface area contributed by atoms with Crippen molar-refractivity contribution in [3.8, 4) is 0 Å². The van der Waals surface area contributed by atoms with Gasteiger partial charge in [-0.2, -0.15) is 0 Å². The Morgan fingerprint density at radius 2 is 1.67 bits per heavy atom. The third-order valence-electron chi connectivity index (χ3n) is 7.41. The molecule has 3 rings (SSSR count). The number of carbonyl (C=O) groups excluding carboxylic acids is 2. The molecule has 7 nitrogen and oxygen atoms in total. The number of halogens is 2. The minimum absolute atomic E-state index is 0.0317. The number of aryl methyl sites for hydroxylation is 2. The second-order valence-electron chi connectivity index (χ2n) is 11.0. The summed E-state index contributed by atoms with van der Waals surface area (Å²) in [7, 11) is -3.61. The van der Waals surface area contributed by atoms with Gasteiger partial charge < -0.3 is 10.2 Å². The van der Waals surface area contributed by atoms with Crippen LogP contribution in [-0.2, 0) is 32.6 Å². The smallest absolute Gasteiger partial charge is 0.243 e. The van der Waals surface area contributed by atoms with Crippen LogP contribution in [0.2, 0.25) is 10.0 Å². The monoisotopic (exact) mass is 645 g/mol. The zero-order chi connectivity index (χ0) is 31.7. The number of rotatable bonds is 14. The van der Waals surface area contributed by atoms with Gasteiger partial charge in [-0.1, -0.05) is 78.7 Å². The largest absolute Gasteiger partial charge is 0.352 e. The molecule has 0 radical (unpaired) electrons. The summed E-state index contributed by atoms with van der Waals surface area (Å²) in [5.41, 5.74) is 3.92. The fourth-order valence-corrected chi connectivity index (χ4v) is 6.28. The molecule has 0 spiro atoms. The minimum atomic E-state index is -3.61. The standard InChI is InChI=1S/C33H41Cl2N3O4S/c1-6-25(4)36-33(40)31(20-26-11-8-7-9-12-26)37(22-27-16-17-28(34)21-29(27)35)32(39)13-10-18-38(43(5,41)42)30-19-23(2)14-15-24(30)3/h7-9,11-12,14-17,19,21,25,31H,6,10,13,18,20,22H2,1-5H3,(H,36,40). The number of sulfonamides is 1. The van der Waals surface area contributed by atoms with Gasteiger partial charge in [0.05, 0.1) is 11.9 Å². The van der Waals surface area contributed by atoms with Gasteiger partial charge in [0.1, 0.15) is 6.04 Å². The van der Waals surface area contributed by atoms with E-state index in [1.165, 1.54) is 10.6 Å². The van der Waals surface area contributed by atoms with Gasteiger partial charge in [-0.15, -0.1) is 0 Å². The molecular formula is C33H41Cl2N3O4S. The number of amides is 2. The lowest BCUT2D eigenvalue weighted by molar-refractivity contribution is -0.141. The molecule has 0 aromatic heterocycles. The van der Waals surface area contributed by atoms with Crippen molar-refractivity contribution in [2.45, 2.75) is 72.0 Å². The van der Waals surface area contributed by atoms with Gasteiger partial charge in [0.15, 0.2) is 0 Å². The summed E-state index contributed by atoms with van der Waals surface area (Å²) in [6.07, 6.45) is 2.50.